The molecule has 0 saturated carbocycles. The number of amides is 1. The van der Waals surface area contributed by atoms with Gasteiger partial charge in [-0.1, -0.05) is 48.5 Å². The van der Waals surface area contributed by atoms with Gasteiger partial charge >= 0.3 is 12.1 Å². The van der Waals surface area contributed by atoms with E-state index in [-0.39, 0.29) is 30.3 Å². The Morgan fingerprint density at radius 3 is 2.34 bits per heavy atom. The minimum Gasteiger partial charge on any atom is -0.478 e. The predicted molar refractivity (Wildman–Crippen MR) is 123 cm³/mol. The van der Waals surface area contributed by atoms with Crippen molar-refractivity contribution in [3.8, 4) is 11.1 Å². The molecular formula is C25H23NO5S. The molecule has 7 heteroatoms. The summed E-state index contributed by atoms with van der Waals surface area (Å²) in [5.74, 6) is -1.12. The topological polar surface area (TPSA) is 84.9 Å². The first-order valence-corrected chi connectivity index (χ1v) is 11.4. The number of carbonyl (C=O) groups is 2. The number of aromatic carboxylic acids is 1. The third kappa shape index (κ3) is 3.47. The third-order valence-corrected chi connectivity index (χ3v) is 7.42. The van der Waals surface area contributed by atoms with Crippen molar-refractivity contribution in [2.45, 2.75) is 38.4 Å². The van der Waals surface area contributed by atoms with Gasteiger partial charge in [-0.15, -0.1) is 11.3 Å². The quantitative estimate of drug-likeness (QED) is 0.523. The van der Waals surface area contributed by atoms with Gasteiger partial charge < -0.3 is 14.6 Å². The molecule has 0 saturated heterocycles. The maximum atomic E-state index is 12.7. The van der Waals surface area contributed by atoms with Crippen molar-refractivity contribution in [2.24, 2.45) is 0 Å². The highest BCUT2D eigenvalue weighted by Crippen LogP contribution is 2.45. The second-order valence-corrected chi connectivity index (χ2v) is 9.25. The number of anilines is 1. The SMILES string of the molecule is CC1Cc2c(sc(NC(=O)OCC3c4ccccc4-c4ccccc43)c2C(=O)O)C(C)O1. The van der Waals surface area contributed by atoms with Crippen molar-refractivity contribution in [2.75, 3.05) is 11.9 Å². The molecule has 32 heavy (non-hydrogen) atoms. The molecule has 1 aliphatic heterocycles. The van der Waals surface area contributed by atoms with E-state index in [1.807, 2.05) is 38.1 Å². The number of hydrogen-bond acceptors (Lipinski definition) is 5. The number of hydrogen-bond donors (Lipinski definition) is 2. The highest BCUT2D eigenvalue weighted by Gasteiger charge is 2.33. The Morgan fingerprint density at radius 1 is 1.09 bits per heavy atom. The Morgan fingerprint density at radius 2 is 1.72 bits per heavy atom. The van der Waals surface area contributed by atoms with E-state index in [0.717, 1.165) is 32.7 Å². The number of carboxylic acid groups (broad SMARTS) is 1. The second kappa shape index (κ2) is 8.07. The summed E-state index contributed by atoms with van der Waals surface area (Å²) in [5, 5.41) is 12.8. The summed E-state index contributed by atoms with van der Waals surface area (Å²) in [5.41, 5.74) is 5.43. The molecule has 2 heterocycles. The van der Waals surface area contributed by atoms with Crippen LogP contribution in [0.4, 0.5) is 9.80 Å². The summed E-state index contributed by atoms with van der Waals surface area (Å²) in [6, 6.07) is 16.2. The monoisotopic (exact) mass is 449 g/mol. The van der Waals surface area contributed by atoms with E-state index in [0.29, 0.717) is 11.4 Å². The molecule has 1 aliphatic carbocycles. The predicted octanol–water partition coefficient (Wildman–Crippen LogP) is 5.83. The van der Waals surface area contributed by atoms with Crippen molar-refractivity contribution in [1.82, 2.24) is 0 Å². The molecule has 2 N–H and O–H groups in total. The second-order valence-electron chi connectivity index (χ2n) is 8.20. The zero-order valence-electron chi connectivity index (χ0n) is 17.8. The standard InChI is InChI=1S/C25H23NO5S/c1-13-11-19-21(24(27)28)23(32-22(19)14(2)31-13)26-25(29)30-12-20-17-9-5-3-7-15(17)16-8-4-6-10-18(16)20/h3-10,13-14,20H,11-12H2,1-2H3,(H,26,29)(H,27,28). The summed E-state index contributed by atoms with van der Waals surface area (Å²) < 4.78 is 11.4. The first-order chi connectivity index (χ1) is 15.4. The van der Waals surface area contributed by atoms with Gasteiger partial charge in [0.1, 0.15) is 11.6 Å². The Hall–Kier alpha value is -3.16. The van der Waals surface area contributed by atoms with Crippen molar-refractivity contribution < 1.29 is 24.2 Å². The Bertz CT molecular complexity index is 1170. The molecule has 1 aromatic heterocycles. The fourth-order valence-electron chi connectivity index (χ4n) is 4.80. The van der Waals surface area contributed by atoms with Gasteiger partial charge in [0, 0.05) is 17.2 Å². The van der Waals surface area contributed by atoms with E-state index in [1.54, 1.807) is 0 Å². The maximum Gasteiger partial charge on any atom is 0.412 e. The van der Waals surface area contributed by atoms with Crippen molar-refractivity contribution in [3.05, 3.63) is 75.7 Å². The lowest BCUT2D eigenvalue weighted by molar-refractivity contribution is -0.00239. The number of benzene rings is 2. The molecule has 6 nitrogen and oxygen atoms in total. The smallest absolute Gasteiger partial charge is 0.412 e. The van der Waals surface area contributed by atoms with Gasteiger partial charge in [0.25, 0.3) is 0 Å². The van der Waals surface area contributed by atoms with Crippen LogP contribution in [-0.2, 0) is 15.9 Å². The molecule has 2 aromatic carbocycles. The first kappa shape index (κ1) is 20.7. The van der Waals surface area contributed by atoms with Crippen LogP contribution >= 0.6 is 11.3 Å². The van der Waals surface area contributed by atoms with E-state index < -0.39 is 12.1 Å². The minimum atomic E-state index is -1.06. The number of nitrogens with one attached hydrogen (secondary N) is 1. The van der Waals surface area contributed by atoms with Crippen LogP contribution in [0.3, 0.4) is 0 Å². The van der Waals surface area contributed by atoms with Crippen molar-refractivity contribution >= 4 is 28.4 Å². The third-order valence-electron chi connectivity index (χ3n) is 6.11. The molecular weight excluding hydrogens is 426 g/mol. The number of fused-ring (bicyclic) bond motifs is 4. The van der Waals surface area contributed by atoms with Crippen LogP contribution in [0, 0.1) is 0 Å². The van der Waals surface area contributed by atoms with Gasteiger partial charge in [-0.2, -0.15) is 0 Å². The van der Waals surface area contributed by atoms with Crippen molar-refractivity contribution in [1.29, 1.82) is 0 Å². The lowest BCUT2D eigenvalue weighted by Gasteiger charge is -2.25. The summed E-state index contributed by atoms with van der Waals surface area (Å²) in [6.45, 7) is 3.99. The van der Waals surface area contributed by atoms with Crippen LogP contribution in [-0.4, -0.2) is 29.9 Å². The van der Waals surface area contributed by atoms with E-state index in [9.17, 15) is 14.7 Å². The average molecular weight is 450 g/mol. The minimum absolute atomic E-state index is 0.0575. The van der Waals surface area contributed by atoms with Gasteiger partial charge in [-0.25, -0.2) is 9.59 Å². The van der Waals surface area contributed by atoms with E-state index in [4.69, 9.17) is 9.47 Å². The molecule has 0 spiro atoms. The molecule has 0 fully saturated rings. The molecule has 2 atom stereocenters. The number of carboxylic acids is 1. The van der Waals surface area contributed by atoms with Crippen LogP contribution in [0.5, 0.6) is 0 Å². The van der Waals surface area contributed by atoms with Crippen LogP contribution < -0.4 is 5.32 Å². The summed E-state index contributed by atoms with van der Waals surface area (Å²) in [7, 11) is 0. The van der Waals surface area contributed by atoms with Crippen LogP contribution in [0.25, 0.3) is 11.1 Å². The Balaban J connectivity index is 1.36. The summed E-state index contributed by atoms with van der Waals surface area (Å²) in [6.07, 6.45) is -0.443. The highest BCUT2D eigenvalue weighted by molar-refractivity contribution is 7.17. The van der Waals surface area contributed by atoms with Crippen LogP contribution in [0.2, 0.25) is 0 Å². The molecule has 3 aromatic rings. The van der Waals surface area contributed by atoms with Crippen LogP contribution in [0.15, 0.2) is 48.5 Å². The first-order valence-electron chi connectivity index (χ1n) is 10.6. The number of ether oxygens (including phenoxy) is 2. The molecule has 5 rings (SSSR count). The fraction of sp³-hybridized carbons (Fsp3) is 0.280. The number of thiophene rings is 1. The summed E-state index contributed by atoms with van der Waals surface area (Å²) in [4.78, 5) is 25.5. The zero-order valence-corrected chi connectivity index (χ0v) is 18.6. The lowest BCUT2D eigenvalue weighted by atomic mass is 9.98. The van der Waals surface area contributed by atoms with E-state index >= 15 is 0 Å². The molecule has 1 amide bonds. The Kier molecular flexibility index (Phi) is 5.23. The Labute approximate surface area is 189 Å². The maximum absolute atomic E-state index is 12.7. The average Bonchev–Trinajstić information content (AvgIpc) is 3.28. The highest BCUT2D eigenvalue weighted by atomic mass is 32.1. The molecule has 2 unspecified atom stereocenters. The fourth-order valence-corrected chi connectivity index (χ4v) is 6.00. The molecule has 0 radical (unpaired) electrons. The number of carbonyl (C=O) groups excluding carboxylic acids is 1. The van der Waals surface area contributed by atoms with Crippen LogP contribution in [0.1, 0.15) is 57.8 Å². The van der Waals surface area contributed by atoms with E-state index in [2.05, 4.69) is 29.6 Å². The van der Waals surface area contributed by atoms with E-state index in [1.165, 1.54) is 11.3 Å². The van der Waals surface area contributed by atoms with Gasteiger partial charge in [-0.05, 0) is 41.7 Å². The number of rotatable bonds is 4. The largest absolute Gasteiger partial charge is 0.478 e. The van der Waals surface area contributed by atoms with Gasteiger partial charge in [0.2, 0.25) is 0 Å². The normalized spacial score (nSPS) is 19.1. The summed E-state index contributed by atoms with van der Waals surface area (Å²) >= 11 is 1.25. The van der Waals surface area contributed by atoms with Gasteiger partial charge in [-0.3, -0.25) is 5.32 Å². The van der Waals surface area contributed by atoms with Gasteiger partial charge in [0.05, 0.1) is 17.8 Å². The lowest BCUT2D eigenvalue weighted by Crippen LogP contribution is -2.22. The zero-order chi connectivity index (χ0) is 22.4. The van der Waals surface area contributed by atoms with Crippen molar-refractivity contribution in [3.63, 3.8) is 0 Å². The molecule has 2 aliphatic rings. The van der Waals surface area contributed by atoms with Gasteiger partial charge in [0.15, 0.2) is 0 Å². The molecule has 164 valence electrons. The molecule has 0 bridgehead atoms.